The maximum Gasteiger partial charge on any atom is 0.255 e. The maximum absolute atomic E-state index is 12.2. The molecule has 0 radical (unpaired) electrons. The summed E-state index contributed by atoms with van der Waals surface area (Å²) in [5.41, 5.74) is 0.534. The number of aromatic amines is 1. The lowest BCUT2D eigenvalue weighted by Crippen LogP contribution is -2.25. The number of nitrogens with zero attached hydrogens (tertiary/aromatic N) is 2. The molecule has 0 aliphatic carbocycles. The number of aryl methyl sites for hydroxylation is 1. The van der Waals surface area contributed by atoms with Crippen LogP contribution in [0.5, 0.6) is 5.88 Å². The van der Waals surface area contributed by atoms with Gasteiger partial charge >= 0.3 is 0 Å². The quantitative estimate of drug-likeness (QED) is 0.571. The fraction of sp³-hybridized carbons (Fsp3) is 0.286. The SMILES string of the molecule is CCC(Sc1nc(O)cc(=O)[nH]1)C(=O)Nc1ccc(C)cn1. The van der Waals surface area contributed by atoms with Gasteiger partial charge in [0.25, 0.3) is 5.56 Å². The van der Waals surface area contributed by atoms with Crippen molar-refractivity contribution in [3.05, 3.63) is 40.3 Å². The standard InChI is InChI=1S/C14H16N4O3S/c1-3-9(22-14-17-11(19)6-12(20)18-14)13(21)16-10-5-4-8(2)7-15-10/h4-7,9H,3H2,1-2H3,(H,15,16,21)(H2,17,18,19,20). The van der Waals surface area contributed by atoms with Crippen LogP contribution in [0, 0.1) is 6.92 Å². The Balaban J connectivity index is 2.08. The minimum Gasteiger partial charge on any atom is -0.493 e. The van der Waals surface area contributed by atoms with Crippen molar-refractivity contribution >= 4 is 23.5 Å². The lowest BCUT2D eigenvalue weighted by Gasteiger charge is -2.13. The second-order valence-corrected chi connectivity index (χ2v) is 5.82. The van der Waals surface area contributed by atoms with Gasteiger partial charge in [-0.3, -0.25) is 9.59 Å². The normalized spacial score (nSPS) is 11.9. The third-order valence-corrected chi connectivity index (χ3v) is 4.03. The Morgan fingerprint density at radius 2 is 2.27 bits per heavy atom. The van der Waals surface area contributed by atoms with Crippen molar-refractivity contribution in [2.24, 2.45) is 0 Å². The number of hydrogen-bond donors (Lipinski definition) is 3. The number of carbonyl (C=O) groups excluding carboxylic acids is 1. The number of H-pyrrole nitrogens is 1. The van der Waals surface area contributed by atoms with Crippen LogP contribution in [-0.2, 0) is 4.79 Å². The summed E-state index contributed by atoms with van der Waals surface area (Å²) in [5, 5.41) is 11.8. The predicted octanol–water partition coefficient (Wildman–Crippen LogP) is 1.69. The molecule has 116 valence electrons. The van der Waals surface area contributed by atoms with Crippen molar-refractivity contribution in [1.82, 2.24) is 15.0 Å². The average molecular weight is 320 g/mol. The molecule has 0 spiro atoms. The van der Waals surface area contributed by atoms with Gasteiger partial charge in [-0.2, -0.15) is 4.98 Å². The number of amides is 1. The fourth-order valence-electron chi connectivity index (χ4n) is 1.68. The van der Waals surface area contributed by atoms with Gasteiger partial charge in [0.15, 0.2) is 5.16 Å². The number of aromatic nitrogens is 3. The van der Waals surface area contributed by atoms with E-state index in [2.05, 4.69) is 20.3 Å². The summed E-state index contributed by atoms with van der Waals surface area (Å²) in [4.78, 5) is 33.9. The van der Waals surface area contributed by atoms with Crippen molar-refractivity contribution in [2.75, 3.05) is 5.32 Å². The molecule has 2 heterocycles. The summed E-state index contributed by atoms with van der Waals surface area (Å²) in [6.45, 7) is 3.76. The summed E-state index contributed by atoms with van der Waals surface area (Å²) in [6.07, 6.45) is 2.19. The van der Waals surface area contributed by atoms with E-state index in [-0.39, 0.29) is 16.9 Å². The Morgan fingerprint density at radius 1 is 1.50 bits per heavy atom. The zero-order chi connectivity index (χ0) is 16.1. The first-order valence-corrected chi connectivity index (χ1v) is 7.56. The van der Waals surface area contributed by atoms with E-state index in [9.17, 15) is 14.7 Å². The van der Waals surface area contributed by atoms with E-state index in [0.29, 0.717) is 12.2 Å². The molecule has 0 aromatic carbocycles. The zero-order valence-corrected chi connectivity index (χ0v) is 13.0. The molecule has 2 rings (SSSR count). The van der Waals surface area contributed by atoms with Gasteiger partial charge < -0.3 is 15.4 Å². The van der Waals surface area contributed by atoms with Crippen LogP contribution >= 0.6 is 11.8 Å². The Labute approximate surface area is 131 Å². The summed E-state index contributed by atoms with van der Waals surface area (Å²) in [5.74, 6) is -0.149. The number of hydrogen-bond acceptors (Lipinski definition) is 6. The highest BCUT2D eigenvalue weighted by molar-refractivity contribution is 8.00. The molecule has 1 atom stereocenters. The number of thioether (sulfide) groups is 1. The molecule has 8 heteroatoms. The third kappa shape index (κ3) is 4.32. The van der Waals surface area contributed by atoms with Crippen molar-refractivity contribution < 1.29 is 9.90 Å². The van der Waals surface area contributed by atoms with Gasteiger partial charge in [-0.15, -0.1) is 0 Å². The van der Waals surface area contributed by atoms with Crippen molar-refractivity contribution in [3.8, 4) is 5.88 Å². The molecular weight excluding hydrogens is 304 g/mol. The number of anilines is 1. The average Bonchev–Trinajstić information content (AvgIpc) is 2.46. The lowest BCUT2D eigenvalue weighted by molar-refractivity contribution is -0.115. The molecule has 0 saturated carbocycles. The van der Waals surface area contributed by atoms with Gasteiger partial charge in [0.1, 0.15) is 5.82 Å². The van der Waals surface area contributed by atoms with Crippen LogP contribution in [0.2, 0.25) is 0 Å². The summed E-state index contributed by atoms with van der Waals surface area (Å²) in [7, 11) is 0. The summed E-state index contributed by atoms with van der Waals surface area (Å²) < 4.78 is 0. The van der Waals surface area contributed by atoms with Crippen molar-refractivity contribution in [3.63, 3.8) is 0 Å². The highest BCUT2D eigenvalue weighted by atomic mass is 32.2. The number of nitrogens with one attached hydrogen (secondary N) is 2. The summed E-state index contributed by atoms with van der Waals surface area (Å²) in [6, 6.07) is 4.55. The largest absolute Gasteiger partial charge is 0.493 e. The summed E-state index contributed by atoms with van der Waals surface area (Å²) >= 11 is 1.08. The Kier molecular flexibility index (Phi) is 5.16. The van der Waals surface area contributed by atoms with E-state index in [4.69, 9.17) is 0 Å². The third-order valence-electron chi connectivity index (χ3n) is 2.79. The minimum absolute atomic E-state index is 0.198. The van der Waals surface area contributed by atoms with E-state index in [1.165, 1.54) is 0 Å². The minimum atomic E-state index is -0.467. The van der Waals surface area contributed by atoms with E-state index >= 15 is 0 Å². The number of pyridine rings is 1. The smallest absolute Gasteiger partial charge is 0.255 e. The molecule has 2 aromatic rings. The molecule has 1 amide bonds. The molecular formula is C14H16N4O3S. The van der Waals surface area contributed by atoms with Gasteiger partial charge in [-0.25, -0.2) is 4.98 Å². The number of rotatable bonds is 5. The molecule has 22 heavy (non-hydrogen) atoms. The Hall–Kier alpha value is -2.35. The van der Waals surface area contributed by atoms with Gasteiger partial charge in [-0.1, -0.05) is 24.8 Å². The van der Waals surface area contributed by atoms with Gasteiger partial charge in [-0.05, 0) is 25.0 Å². The van der Waals surface area contributed by atoms with E-state index in [0.717, 1.165) is 23.4 Å². The number of aromatic hydroxyl groups is 1. The van der Waals surface area contributed by atoms with Gasteiger partial charge in [0.2, 0.25) is 11.8 Å². The highest BCUT2D eigenvalue weighted by Crippen LogP contribution is 2.23. The molecule has 7 nitrogen and oxygen atoms in total. The second-order valence-electron chi connectivity index (χ2n) is 4.63. The first kappa shape index (κ1) is 16.0. The van der Waals surface area contributed by atoms with Crippen LogP contribution in [-0.4, -0.2) is 31.2 Å². The molecule has 2 aromatic heterocycles. The Bertz CT molecular complexity index is 715. The van der Waals surface area contributed by atoms with Crippen LogP contribution in [0.25, 0.3) is 0 Å². The molecule has 1 unspecified atom stereocenters. The van der Waals surface area contributed by atoms with Crippen molar-refractivity contribution in [1.29, 1.82) is 0 Å². The van der Waals surface area contributed by atoms with Crippen molar-refractivity contribution in [2.45, 2.75) is 30.7 Å². The zero-order valence-electron chi connectivity index (χ0n) is 12.2. The van der Waals surface area contributed by atoms with E-state index < -0.39 is 10.8 Å². The van der Waals surface area contributed by atoms with Crippen LogP contribution in [0.4, 0.5) is 5.82 Å². The fourth-order valence-corrected chi connectivity index (χ4v) is 2.59. The Morgan fingerprint density at radius 3 is 2.86 bits per heavy atom. The second kappa shape index (κ2) is 7.08. The highest BCUT2D eigenvalue weighted by Gasteiger charge is 2.20. The molecule has 0 bridgehead atoms. The van der Waals surface area contributed by atoms with Gasteiger partial charge in [0.05, 0.1) is 11.3 Å². The first-order valence-electron chi connectivity index (χ1n) is 6.68. The first-order chi connectivity index (χ1) is 10.5. The molecule has 3 N–H and O–H groups in total. The van der Waals surface area contributed by atoms with E-state index in [1.54, 1.807) is 12.3 Å². The molecule has 0 aliphatic heterocycles. The van der Waals surface area contributed by atoms with Gasteiger partial charge in [0, 0.05) is 6.20 Å². The monoisotopic (exact) mass is 320 g/mol. The number of carbonyl (C=O) groups is 1. The topological polar surface area (TPSA) is 108 Å². The van der Waals surface area contributed by atoms with E-state index in [1.807, 2.05) is 19.9 Å². The molecule has 0 aliphatic rings. The molecule has 0 fully saturated rings. The van der Waals surface area contributed by atoms with Crippen LogP contribution in [0.3, 0.4) is 0 Å². The van der Waals surface area contributed by atoms with Crippen LogP contribution < -0.4 is 10.9 Å². The predicted molar refractivity (Wildman–Crippen MR) is 84.1 cm³/mol. The maximum atomic E-state index is 12.2. The van der Waals surface area contributed by atoms with Crippen LogP contribution in [0.15, 0.2) is 34.3 Å². The molecule has 0 saturated heterocycles. The van der Waals surface area contributed by atoms with Crippen LogP contribution in [0.1, 0.15) is 18.9 Å². The lowest BCUT2D eigenvalue weighted by atomic mass is 10.3.